The first-order valence-corrected chi connectivity index (χ1v) is 16.0. The van der Waals surface area contributed by atoms with Crippen molar-refractivity contribution in [2.45, 2.75) is 32.1 Å². The van der Waals surface area contributed by atoms with Crippen molar-refractivity contribution in [2.24, 2.45) is 5.10 Å². The number of anilines is 3. The van der Waals surface area contributed by atoms with Crippen LogP contribution < -0.4 is 9.91 Å². The predicted molar refractivity (Wildman–Crippen MR) is 188 cm³/mol. The molecule has 47 heavy (non-hydrogen) atoms. The number of carboxylic acids is 1. The van der Waals surface area contributed by atoms with Crippen LogP contribution in [0, 0.1) is 0 Å². The Hall–Kier alpha value is -5.75. The molecule has 0 saturated heterocycles. The van der Waals surface area contributed by atoms with Crippen LogP contribution in [0.2, 0.25) is 0 Å². The first-order chi connectivity index (χ1) is 22.8. The van der Waals surface area contributed by atoms with Gasteiger partial charge in [0, 0.05) is 23.3 Å². The van der Waals surface area contributed by atoms with E-state index in [1.807, 2.05) is 12.1 Å². The van der Waals surface area contributed by atoms with E-state index in [4.69, 9.17) is 0 Å². The number of benzene rings is 5. The molecule has 0 spiro atoms. The fourth-order valence-corrected chi connectivity index (χ4v) is 7.29. The average Bonchev–Trinajstić information content (AvgIpc) is 3.54. The average molecular weight is 616 g/mol. The van der Waals surface area contributed by atoms with Crippen LogP contribution in [-0.4, -0.2) is 29.2 Å². The lowest BCUT2D eigenvalue weighted by molar-refractivity contribution is -0.129. The molecule has 1 N–H and O–H groups in total. The van der Waals surface area contributed by atoms with Crippen molar-refractivity contribution in [2.75, 3.05) is 16.5 Å². The van der Waals surface area contributed by atoms with Gasteiger partial charge in [0.15, 0.2) is 5.71 Å². The fraction of sp³-hybridized carbons (Fsp3) is 0.146. The number of carboxylic acid groups (broad SMARTS) is 1. The number of aryl methyl sites for hydroxylation is 1. The van der Waals surface area contributed by atoms with Crippen LogP contribution in [0.3, 0.4) is 0 Å². The molecule has 2 heterocycles. The molecule has 1 aliphatic carbocycles. The molecule has 0 atom stereocenters. The van der Waals surface area contributed by atoms with E-state index in [-0.39, 0.29) is 16.7 Å². The largest absolute Gasteiger partial charge is 0.476 e. The van der Waals surface area contributed by atoms with Crippen LogP contribution in [0.4, 0.5) is 17.1 Å². The van der Waals surface area contributed by atoms with Crippen molar-refractivity contribution in [1.82, 2.24) is 0 Å². The maximum absolute atomic E-state index is 13.4. The number of para-hydroxylation sites is 2. The molecule has 1 amide bonds. The van der Waals surface area contributed by atoms with Crippen LogP contribution in [0.5, 0.6) is 0 Å². The number of hydrogen-bond acceptors (Lipinski definition) is 4. The molecule has 2 aliphatic heterocycles. The van der Waals surface area contributed by atoms with E-state index < -0.39 is 11.9 Å². The van der Waals surface area contributed by atoms with Crippen molar-refractivity contribution in [3.8, 4) is 22.3 Å². The van der Waals surface area contributed by atoms with Crippen LogP contribution in [0.1, 0.15) is 42.5 Å². The van der Waals surface area contributed by atoms with Gasteiger partial charge < -0.3 is 10.0 Å². The maximum atomic E-state index is 13.4. The van der Waals surface area contributed by atoms with Gasteiger partial charge in [0.05, 0.1) is 11.3 Å². The first-order valence-electron chi connectivity index (χ1n) is 16.0. The summed E-state index contributed by atoms with van der Waals surface area (Å²) in [7, 11) is 0. The monoisotopic (exact) mass is 615 g/mol. The van der Waals surface area contributed by atoms with Crippen LogP contribution in [-0.2, 0) is 21.4 Å². The summed E-state index contributed by atoms with van der Waals surface area (Å²) in [5, 5.41) is 15.2. The summed E-state index contributed by atoms with van der Waals surface area (Å²) < 4.78 is 0. The Bertz CT molecular complexity index is 2150. The molecule has 0 saturated carbocycles. The van der Waals surface area contributed by atoms with Gasteiger partial charge in [-0.15, -0.1) is 0 Å². The molecule has 8 rings (SSSR count). The third-order valence-electron chi connectivity index (χ3n) is 9.69. The van der Waals surface area contributed by atoms with Gasteiger partial charge in [-0.2, -0.15) is 10.1 Å². The van der Waals surface area contributed by atoms with Crippen molar-refractivity contribution in [1.29, 1.82) is 0 Å². The molecule has 3 aliphatic rings. The highest BCUT2D eigenvalue weighted by Crippen LogP contribution is 2.50. The van der Waals surface area contributed by atoms with Crippen LogP contribution >= 0.6 is 0 Å². The smallest absolute Gasteiger partial charge is 0.357 e. The van der Waals surface area contributed by atoms with Crippen LogP contribution in [0.25, 0.3) is 28.3 Å². The number of nitrogens with zero attached hydrogens (tertiary/aromatic N) is 3. The molecular weight excluding hydrogens is 582 g/mol. The topological polar surface area (TPSA) is 73.2 Å². The predicted octanol–water partition coefficient (Wildman–Crippen LogP) is 8.62. The van der Waals surface area contributed by atoms with Crippen molar-refractivity contribution in [3.05, 3.63) is 143 Å². The summed E-state index contributed by atoms with van der Waals surface area (Å²) in [6.45, 7) is 5.47. The Labute approximate surface area is 273 Å². The number of fused-ring (bicyclic) bond motifs is 4. The Morgan fingerprint density at radius 1 is 0.787 bits per heavy atom. The molecule has 0 bridgehead atoms. The maximum Gasteiger partial charge on any atom is 0.357 e. The van der Waals surface area contributed by atoms with Gasteiger partial charge in [0.2, 0.25) is 0 Å². The Morgan fingerprint density at radius 2 is 1.43 bits per heavy atom. The second-order valence-corrected chi connectivity index (χ2v) is 12.9. The third kappa shape index (κ3) is 4.76. The van der Waals surface area contributed by atoms with E-state index in [0.29, 0.717) is 5.69 Å². The fourth-order valence-electron chi connectivity index (χ4n) is 7.29. The van der Waals surface area contributed by atoms with E-state index in [2.05, 4.69) is 103 Å². The van der Waals surface area contributed by atoms with Crippen molar-refractivity contribution >= 4 is 40.7 Å². The number of rotatable bonds is 5. The van der Waals surface area contributed by atoms with Gasteiger partial charge in [-0.1, -0.05) is 86.6 Å². The highest BCUT2D eigenvalue weighted by molar-refractivity contribution is 6.53. The number of hydrogen-bond donors (Lipinski definition) is 1. The molecule has 0 aromatic heterocycles. The van der Waals surface area contributed by atoms with Gasteiger partial charge >= 0.3 is 5.97 Å². The summed E-state index contributed by atoms with van der Waals surface area (Å²) in [4.78, 5) is 27.9. The van der Waals surface area contributed by atoms with E-state index in [9.17, 15) is 14.7 Å². The van der Waals surface area contributed by atoms with Gasteiger partial charge in [0.1, 0.15) is 0 Å². The highest BCUT2D eigenvalue weighted by atomic mass is 16.4. The minimum Gasteiger partial charge on any atom is -0.476 e. The summed E-state index contributed by atoms with van der Waals surface area (Å²) in [6.07, 6.45) is 3.83. The lowest BCUT2D eigenvalue weighted by Crippen LogP contribution is -2.24. The van der Waals surface area contributed by atoms with Crippen molar-refractivity contribution < 1.29 is 14.7 Å². The summed E-state index contributed by atoms with van der Waals surface area (Å²) in [5.41, 5.74) is 11.8. The van der Waals surface area contributed by atoms with Crippen LogP contribution in [0.15, 0.2) is 126 Å². The molecule has 5 aromatic rings. The zero-order valence-electron chi connectivity index (χ0n) is 26.3. The highest BCUT2D eigenvalue weighted by Gasteiger charge is 2.37. The minimum absolute atomic E-state index is 0.0650. The lowest BCUT2D eigenvalue weighted by atomic mass is 9.81. The Kier molecular flexibility index (Phi) is 6.69. The molecule has 0 radical (unpaired) electrons. The standard InChI is InChI=1S/C41H33N3O3/c1-41(2)35-23-26(22-34-38(40(46)47)42-44(39(34)45)31-13-7-4-8-14-31)15-18-32(35)33-19-16-28(25-36(33)41)27-17-20-37-29(24-27)10-9-21-43(37)30-11-5-3-6-12-30/h3-8,11-20,22-25H,9-10,21H2,1-2H3,(H,46,47). The molecule has 0 fully saturated rings. The molecular formula is C41H33N3O3. The quantitative estimate of drug-likeness (QED) is 0.201. The van der Waals surface area contributed by atoms with E-state index in [1.165, 1.54) is 39.2 Å². The Balaban J connectivity index is 1.12. The molecule has 6 heteroatoms. The molecule has 230 valence electrons. The summed E-state index contributed by atoms with van der Waals surface area (Å²) >= 11 is 0. The first kappa shape index (κ1) is 28.7. The SMILES string of the molecule is CC1(C)c2cc(C=C3C(=O)N(c4ccccc4)N=C3C(=O)O)ccc2-c2ccc(-c3ccc4c(c3)CCCN4c3ccccc3)cc21. The minimum atomic E-state index is -1.24. The van der Waals surface area contributed by atoms with Gasteiger partial charge in [0.25, 0.3) is 5.91 Å². The van der Waals surface area contributed by atoms with E-state index in [0.717, 1.165) is 41.1 Å². The van der Waals surface area contributed by atoms with E-state index in [1.54, 1.807) is 30.3 Å². The zero-order valence-corrected chi connectivity index (χ0v) is 26.3. The normalized spacial score (nSPS) is 16.9. The lowest BCUT2D eigenvalue weighted by Gasteiger charge is -2.32. The van der Waals surface area contributed by atoms with Gasteiger partial charge in [-0.3, -0.25) is 4.79 Å². The number of amides is 1. The second-order valence-electron chi connectivity index (χ2n) is 12.9. The van der Waals surface area contributed by atoms with Gasteiger partial charge in [-0.25, -0.2) is 4.79 Å². The number of aliphatic carboxylic acids is 1. The van der Waals surface area contributed by atoms with Gasteiger partial charge in [-0.05, 0) is 106 Å². The zero-order chi connectivity index (χ0) is 32.3. The molecule has 0 unspecified atom stereocenters. The Morgan fingerprint density at radius 3 is 2.15 bits per heavy atom. The second kappa shape index (κ2) is 11.0. The number of carbonyl (C=O) groups excluding carboxylic acids is 1. The summed E-state index contributed by atoms with van der Waals surface area (Å²) in [5.74, 6) is -1.70. The number of carbonyl (C=O) groups is 2. The number of hydrazone groups is 1. The molecule has 5 aromatic carbocycles. The summed E-state index contributed by atoms with van der Waals surface area (Å²) in [6, 6.07) is 39.2. The van der Waals surface area contributed by atoms with Crippen molar-refractivity contribution in [3.63, 3.8) is 0 Å². The molecule has 6 nitrogen and oxygen atoms in total. The third-order valence-corrected chi connectivity index (χ3v) is 9.69. The van der Waals surface area contributed by atoms with E-state index >= 15 is 0 Å².